The van der Waals surface area contributed by atoms with Crippen LogP contribution in [0.4, 0.5) is 49.7 Å². The van der Waals surface area contributed by atoms with Crippen LogP contribution >= 0.6 is 11.6 Å². The van der Waals surface area contributed by atoms with Crippen molar-refractivity contribution in [1.82, 2.24) is 44.4 Å². The molecule has 0 unspecified atom stereocenters. The second-order valence-electron chi connectivity index (χ2n) is 14.6. The summed E-state index contributed by atoms with van der Waals surface area (Å²) in [5, 5.41) is 9.41. The fraction of sp³-hybridized carbons (Fsp3) is 0.324. The van der Waals surface area contributed by atoms with E-state index in [-0.39, 0.29) is 22.4 Å². The molecule has 4 heterocycles. The number of fused-ring (bicyclic) bond motifs is 4. The van der Waals surface area contributed by atoms with Crippen molar-refractivity contribution in [3.8, 4) is 17.2 Å². The van der Waals surface area contributed by atoms with Crippen molar-refractivity contribution in [2.24, 2.45) is 5.92 Å². The Labute approximate surface area is 352 Å². The van der Waals surface area contributed by atoms with Gasteiger partial charge in [0, 0.05) is 36.2 Å². The Balaban J connectivity index is 1.36. The van der Waals surface area contributed by atoms with Gasteiger partial charge in [0.2, 0.25) is 15.9 Å². The van der Waals surface area contributed by atoms with E-state index in [0.717, 1.165) is 48.9 Å². The summed E-state index contributed by atoms with van der Waals surface area (Å²) in [5.41, 5.74) is -5.92. The molecule has 0 bridgehead atoms. The van der Waals surface area contributed by atoms with E-state index in [0.29, 0.717) is 20.0 Å². The maximum atomic E-state index is 15.5. The molecule has 3 atom stereocenters. The lowest BCUT2D eigenvalue weighted by molar-refractivity contribution is -0.123. The fourth-order valence-corrected chi connectivity index (χ4v) is 8.52. The normalized spacial score (nSPS) is 17.1. The number of carbonyl (C=O) groups excluding carboxylic acids is 1. The molecule has 0 aliphatic heterocycles. The molecule has 0 spiro atoms. The van der Waals surface area contributed by atoms with Gasteiger partial charge in [0.1, 0.15) is 53.3 Å². The minimum atomic E-state index is -4.17. The van der Waals surface area contributed by atoms with Crippen LogP contribution in [0, 0.1) is 17.6 Å². The number of amides is 1. The topological polar surface area (TPSA) is 172 Å². The summed E-state index contributed by atoms with van der Waals surface area (Å²) in [5.74, 6) is -11.2. The molecule has 2 aromatic carbocycles. The fourth-order valence-electron chi connectivity index (χ4n) is 7.79. The van der Waals surface area contributed by atoms with Crippen molar-refractivity contribution < 1.29 is 57.1 Å². The minimum absolute atomic E-state index is 0.0899. The monoisotopic (exact) mass is 932 g/mol. The highest BCUT2D eigenvalue weighted by Gasteiger charge is 2.67. The van der Waals surface area contributed by atoms with Crippen LogP contribution in [-0.2, 0) is 40.3 Å². The maximum Gasteiger partial charge on any atom is 0.293 e. The van der Waals surface area contributed by atoms with E-state index in [4.69, 9.17) is 11.6 Å². The van der Waals surface area contributed by atoms with E-state index in [9.17, 15) is 53.1 Å². The zero-order valence-electron chi connectivity index (χ0n) is 31.7. The van der Waals surface area contributed by atoms with Gasteiger partial charge >= 0.3 is 0 Å². The summed E-state index contributed by atoms with van der Waals surface area (Å²) in [6, 6.07) is 4.06. The van der Waals surface area contributed by atoms with Crippen molar-refractivity contribution in [3.05, 3.63) is 110 Å². The van der Waals surface area contributed by atoms with Gasteiger partial charge in [-0.2, -0.15) is 19.0 Å². The van der Waals surface area contributed by atoms with Gasteiger partial charge < -0.3 is 5.32 Å². The molecular weight excluding hydrogens is 906 g/mol. The van der Waals surface area contributed by atoms with Crippen molar-refractivity contribution in [2.75, 3.05) is 11.0 Å². The Bertz CT molecular complexity index is 2980. The number of hydrogen-bond acceptors (Lipinski definition) is 9. The largest absolute Gasteiger partial charge is 0.344 e. The van der Waals surface area contributed by atoms with E-state index in [1.165, 1.54) is 0 Å². The summed E-state index contributed by atoms with van der Waals surface area (Å²) < 4.78 is 173. The van der Waals surface area contributed by atoms with Gasteiger partial charge in [-0.1, -0.05) is 11.6 Å². The Morgan fingerprint density at radius 1 is 0.968 bits per heavy atom. The quantitative estimate of drug-likeness (QED) is 0.109. The highest BCUT2D eigenvalue weighted by Crippen LogP contribution is 2.68. The molecular formula is C37H27ClF10N10O4S. The molecule has 2 aliphatic carbocycles. The first-order chi connectivity index (χ1) is 29.6. The number of hydrogen-bond donors (Lipinski definition) is 2. The molecule has 1 fully saturated rings. The minimum Gasteiger partial charge on any atom is -0.344 e. The van der Waals surface area contributed by atoms with E-state index in [1.54, 1.807) is 0 Å². The highest BCUT2D eigenvalue weighted by molar-refractivity contribution is 7.92. The Morgan fingerprint density at radius 2 is 1.68 bits per heavy atom. The zero-order valence-corrected chi connectivity index (χ0v) is 33.3. The Hall–Kier alpha value is -6.11. The molecule has 63 heavy (non-hydrogen) atoms. The van der Waals surface area contributed by atoms with Crippen molar-refractivity contribution >= 4 is 44.3 Å². The van der Waals surface area contributed by atoms with E-state index in [1.807, 2.05) is 0 Å². The standard InChI is InChI=1S/C37H27ClF10N10O4S/c1-63(61,62)55-35-28-19(38)2-3-23(30(28)56(54-35)12-24(41)42)58-26(60)11-21(34-49-5-4-20(51-34)32(43)44)52-36(58)22(8-14-6-15(39)9-16(40)7-14)50-25(59)13-57-31-27(29(53-57)33(45)46)17-10-18(17)37(31,47)48/h2-7,9,11,17-18,22,24,32-33H,8,10,12-13H2,1H3,(H,50,59)(H,54,55)/t17-,18+,22-/m0/s1. The van der Waals surface area contributed by atoms with Gasteiger partial charge in [-0.15, -0.1) is 0 Å². The third-order valence-electron chi connectivity index (χ3n) is 10.2. The van der Waals surface area contributed by atoms with E-state index < -0.39 is 153 Å². The molecule has 2 aliphatic rings. The van der Waals surface area contributed by atoms with Gasteiger partial charge in [0.15, 0.2) is 11.6 Å². The summed E-state index contributed by atoms with van der Waals surface area (Å²) in [4.78, 5) is 40.6. The number of anilines is 1. The molecule has 4 aromatic heterocycles. The third kappa shape index (κ3) is 8.29. The molecule has 6 aromatic rings. The molecule has 1 amide bonds. The number of halogens is 11. The van der Waals surface area contributed by atoms with Crippen LogP contribution in [-0.4, -0.2) is 66.1 Å². The lowest BCUT2D eigenvalue weighted by Crippen LogP contribution is -2.38. The molecule has 0 saturated heterocycles. The number of benzene rings is 2. The number of aromatic nitrogens is 8. The first-order valence-electron chi connectivity index (χ1n) is 18.3. The predicted molar refractivity (Wildman–Crippen MR) is 201 cm³/mol. The Kier molecular flexibility index (Phi) is 11.0. The van der Waals surface area contributed by atoms with Crippen molar-refractivity contribution in [2.45, 2.75) is 63.1 Å². The van der Waals surface area contributed by atoms with Crippen LogP contribution in [0.25, 0.3) is 28.1 Å². The zero-order chi connectivity index (χ0) is 45.4. The number of nitrogens with zero attached hydrogens (tertiary/aromatic N) is 8. The summed E-state index contributed by atoms with van der Waals surface area (Å²) in [7, 11) is -4.17. The smallest absolute Gasteiger partial charge is 0.293 e. The van der Waals surface area contributed by atoms with E-state index >= 15 is 8.78 Å². The number of alkyl halides is 8. The van der Waals surface area contributed by atoms with Gasteiger partial charge in [-0.3, -0.25) is 28.2 Å². The maximum absolute atomic E-state index is 15.5. The first kappa shape index (κ1) is 43.5. The van der Waals surface area contributed by atoms with Gasteiger partial charge in [0.05, 0.1) is 33.9 Å². The molecule has 2 N–H and O–H groups in total. The van der Waals surface area contributed by atoms with Crippen molar-refractivity contribution in [1.29, 1.82) is 0 Å². The molecule has 26 heteroatoms. The second-order valence-corrected chi connectivity index (χ2v) is 16.8. The predicted octanol–water partition coefficient (Wildman–Crippen LogP) is 6.99. The van der Waals surface area contributed by atoms with E-state index in [2.05, 4.69) is 35.2 Å². The average Bonchev–Trinajstić information content (AvgIpc) is 3.71. The average molecular weight is 933 g/mol. The van der Waals surface area contributed by atoms with Crippen LogP contribution in [0.3, 0.4) is 0 Å². The summed E-state index contributed by atoms with van der Waals surface area (Å²) in [6.45, 7) is -2.39. The number of nitrogens with one attached hydrogen (secondary N) is 2. The Morgan fingerprint density at radius 3 is 2.33 bits per heavy atom. The molecule has 14 nitrogen and oxygen atoms in total. The summed E-state index contributed by atoms with van der Waals surface area (Å²) in [6.07, 6.45) is -8.80. The van der Waals surface area contributed by atoms with Gasteiger partial charge in [-0.25, -0.2) is 58.5 Å². The van der Waals surface area contributed by atoms with Crippen LogP contribution < -0.4 is 15.6 Å². The first-order valence-corrected chi connectivity index (χ1v) is 20.6. The summed E-state index contributed by atoms with van der Waals surface area (Å²) >= 11 is 6.47. The molecule has 0 radical (unpaired) electrons. The molecule has 332 valence electrons. The van der Waals surface area contributed by atoms with Crippen molar-refractivity contribution in [3.63, 3.8) is 0 Å². The highest BCUT2D eigenvalue weighted by atomic mass is 35.5. The number of carbonyl (C=O) groups is 1. The second kappa shape index (κ2) is 15.9. The third-order valence-corrected chi connectivity index (χ3v) is 11.1. The van der Waals surface area contributed by atoms with Crippen LogP contribution in [0.1, 0.15) is 65.3 Å². The van der Waals surface area contributed by atoms with Crippen LogP contribution in [0.15, 0.2) is 53.5 Å². The number of rotatable bonds is 14. The lowest BCUT2D eigenvalue weighted by Gasteiger charge is -2.24. The van der Waals surface area contributed by atoms with Crippen LogP contribution in [0.5, 0.6) is 0 Å². The lowest BCUT2D eigenvalue weighted by atomic mass is 10.0. The van der Waals surface area contributed by atoms with Gasteiger partial charge in [0.25, 0.3) is 30.8 Å². The molecule has 8 rings (SSSR count). The SMILES string of the molecule is CS(=O)(=O)Nc1nn(CC(F)F)c2c(-n3c([C@H](Cc4cc(F)cc(F)c4)NC(=O)Cn4nc(C(F)F)c5c4C(F)(F)[C@@H]4C[C@H]54)nc(-c4nccc(C(F)F)n4)cc3=O)ccc(Cl)c12. The van der Waals surface area contributed by atoms with Gasteiger partial charge in [-0.05, 0) is 48.2 Å². The number of sulfonamides is 1. The van der Waals surface area contributed by atoms with Crippen LogP contribution in [0.2, 0.25) is 5.02 Å². The molecule has 1 saturated carbocycles.